The molecule has 0 radical (unpaired) electrons. The predicted molar refractivity (Wildman–Crippen MR) is 56.3 cm³/mol. The highest BCUT2D eigenvalue weighted by Gasteiger charge is 2.34. The zero-order valence-electron chi connectivity index (χ0n) is 10.5. The Morgan fingerprint density at radius 1 is 0.944 bits per heavy atom. The van der Waals surface area contributed by atoms with Gasteiger partial charge in [0.1, 0.15) is 0 Å². The lowest BCUT2D eigenvalue weighted by molar-refractivity contribution is -0.155. The predicted octanol–water partition coefficient (Wildman–Crippen LogP) is 2.80. The molecule has 0 saturated carbocycles. The molecule has 0 aliphatic rings. The summed E-state index contributed by atoms with van der Waals surface area (Å²) < 4.78 is 72.5. The van der Waals surface area contributed by atoms with Gasteiger partial charge in [-0.2, -0.15) is 26.3 Å². The number of nitrogens with one attached hydrogen (secondary N) is 1. The minimum absolute atomic E-state index is 0.145. The summed E-state index contributed by atoms with van der Waals surface area (Å²) in [4.78, 5) is 1.11. The Hall–Kier alpha value is -0.500. The van der Waals surface area contributed by atoms with Gasteiger partial charge >= 0.3 is 12.4 Å². The molecule has 0 heterocycles. The second-order valence-corrected chi connectivity index (χ2v) is 4.48. The van der Waals surface area contributed by atoms with Crippen molar-refractivity contribution in [3.63, 3.8) is 0 Å². The molecule has 0 aromatic carbocycles. The Morgan fingerprint density at radius 2 is 1.44 bits per heavy atom. The van der Waals surface area contributed by atoms with Crippen LogP contribution >= 0.6 is 0 Å². The third-order valence-electron chi connectivity index (χ3n) is 2.36. The van der Waals surface area contributed by atoms with Crippen LogP contribution in [0.3, 0.4) is 0 Å². The van der Waals surface area contributed by atoms with E-state index < -0.39 is 37.5 Å². The van der Waals surface area contributed by atoms with Crippen molar-refractivity contribution in [3.05, 3.63) is 0 Å². The zero-order valence-corrected chi connectivity index (χ0v) is 10.5. The SMILES string of the molecule is CC(C)N(CC(F)(F)F)C(C)CNCC(F)(F)F. The van der Waals surface area contributed by atoms with Gasteiger partial charge in [-0.25, -0.2) is 0 Å². The quantitative estimate of drug-likeness (QED) is 0.753. The molecule has 0 aliphatic heterocycles. The summed E-state index contributed by atoms with van der Waals surface area (Å²) in [5.74, 6) is 0. The number of rotatable bonds is 6. The monoisotopic (exact) mass is 280 g/mol. The fourth-order valence-corrected chi connectivity index (χ4v) is 1.59. The lowest BCUT2D eigenvalue weighted by Gasteiger charge is -2.33. The van der Waals surface area contributed by atoms with Gasteiger partial charge in [-0.1, -0.05) is 0 Å². The van der Waals surface area contributed by atoms with Crippen molar-refractivity contribution >= 4 is 0 Å². The van der Waals surface area contributed by atoms with Gasteiger partial charge in [0.2, 0.25) is 0 Å². The Morgan fingerprint density at radius 3 is 1.78 bits per heavy atom. The van der Waals surface area contributed by atoms with Crippen molar-refractivity contribution in [2.75, 3.05) is 19.6 Å². The van der Waals surface area contributed by atoms with Crippen LogP contribution in [0.1, 0.15) is 20.8 Å². The highest BCUT2D eigenvalue weighted by molar-refractivity contribution is 4.76. The molecule has 0 amide bonds. The summed E-state index contributed by atoms with van der Waals surface area (Å²) in [6, 6.07) is -1.02. The molecule has 1 unspecified atom stereocenters. The van der Waals surface area contributed by atoms with Gasteiger partial charge < -0.3 is 5.32 Å². The molecule has 0 aromatic heterocycles. The van der Waals surface area contributed by atoms with E-state index in [2.05, 4.69) is 5.32 Å². The molecule has 2 nitrogen and oxygen atoms in total. The van der Waals surface area contributed by atoms with Crippen molar-refractivity contribution in [2.45, 2.75) is 45.2 Å². The fourth-order valence-electron chi connectivity index (χ4n) is 1.59. The van der Waals surface area contributed by atoms with Crippen LogP contribution in [0.4, 0.5) is 26.3 Å². The third kappa shape index (κ3) is 8.57. The summed E-state index contributed by atoms with van der Waals surface area (Å²) >= 11 is 0. The van der Waals surface area contributed by atoms with Gasteiger partial charge in [-0.3, -0.25) is 4.90 Å². The molecule has 18 heavy (non-hydrogen) atoms. The second kappa shape index (κ2) is 6.60. The van der Waals surface area contributed by atoms with E-state index >= 15 is 0 Å². The molecule has 8 heteroatoms. The molecule has 0 aromatic rings. The van der Waals surface area contributed by atoms with Gasteiger partial charge in [0.05, 0.1) is 13.1 Å². The molecule has 0 spiro atoms. The highest BCUT2D eigenvalue weighted by atomic mass is 19.4. The first kappa shape index (κ1) is 17.5. The van der Waals surface area contributed by atoms with Crippen molar-refractivity contribution in [2.24, 2.45) is 0 Å². The largest absolute Gasteiger partial charge is 0.401 e. The van der Waals surface area contributed by atoms with Crippen LogP contribution in [0, 0.1) is 0 Å². The molecular formula is C10H18F6N2. The smallest absolute Gasteiger partial charge is 0.307 e. The van der Waals surface area contributed by atoms with Gasteiger partial charge in [0.15, 0.2) is 0 Å². The lowest BCUT2D eigenvalue weighted by atomic mass is 10.2. The maximum atomic E-state index is 12.3. The van der Waals surface area contributed by atoms with E-state index in [1.165, 1.54) is 6.92 Å². The van der Waals surface area contributed by atoms with E-state index in [-0.39, 0.29) is 6.54 Å². The van der Waals surface area contributed by atoms with E-state index in [1.807, 2.05) is 0 Å². The number of halogens is 6. The number of alkyl halides is 6. The van der Waals surface area contributed by atoms with Crippen molar-refractivity contribution in [3.8, 4) is 0 Å². The number of hydrogen-bond donors (Lipinski definition) is 1. The normalized spacial score (nSPS) is 15.5. The molecule has 1 atom stereocenters. The van der Waals surface area contributed by atoms with Gasteiger partial charge in [-0.15, -0.1) is 0 Å². The van der Waals surface area contributed by atoms with E-state index in [1.54, 1.807) is 13.8 Å². The van der Waals surface area contributed by atoms with Crippen LogP contribution in [-0.2, 0) is 0 Å². The minimum Gasteiger partial charge on any atom is -0.307 e. The molecule has 110 valence electrons. The highest BCUT2D eigenvalue weighted by Crippen LogP contribution is 2.20. The van der Waals surface area contributed by atoms with Crippen LogP contribution in [0.5, 0.6) is 0 Å². The van der Waals surface area contributed by atoms with Crippen LogP contribution in [0.15, 0.2) is 0 Å². The topological polar surface area (TPSA) is 15.3 Å². The average Bonchev–Trinajstić information content (AvgIpc) is 2.09. The maximum Gasteiger partial charge on any atom is 0.401 e. The molecule has 1 N–H and O–H groups in total. The third-order valence-corrected chi connectivity index (χ3v) is 2.36. The van der Waals surface area contributed by atoms with Crippen LogP contribution in [-0.4, -0.2) is 49.0 Å². The zero-order chi connectivity index (χ0) is 14.6. The van der Waals surface area contributed by atoms with Gasteiger partial charge in [0.25, 0.3) is 0 Å². The average molecular weight is 280 g/mol. The van der Waals surface area contributed by atoms with Crippen molar-refractivity contribution in [1.82, 2.24) is 10.2 Å². The second-order valence-electron chi connectivity index (χ2n) is 4.48. The van der Waals surface area contributed by atoms with Gasteiger partial charge in [0, 0.05) is 18.6 Å². The number of nitrogens with zero attached hydrogens (tertiary/aromatic N) is 1. The summed E-state index contributed by atoms with van der Waals surface area (Å²) in [5, 5.41) is 2.11. The first-order chi connectivity index (χ1) is 7.92. The first-order valence-corrected chi connectivity index (χ1v) is 5.52. The van der Waals surface area contributed by atoms with E-state index in [9.17, 15) is 26.3 Å². The molecule has 0 bridgehead atoms. The van der Waals surface area contributed by atoms with Crippen LogP contribution < -0.4 is 5.32 Å². The van der Waals surface area contributed by atoms with E-state index in [4.69, 9.17) is 0 Å². The summed E-state index contributed by atoms with van der Waals surface area (Å²) in [6.07, 6.45) is -8.71. The summed E-state index contributed by atoms with van der Waals surface area (Å²) in [5.41, 5.74) is 0. The Labute approximate surface area is 102 Å². The Balaban J connectivity index is 4.28. The molecule has 0 saturated heterocycles. The van der Waals surface area contributed by atoms with E-state index in [0.717, 1.165) is 4.90 Å². The maximum absolute atomic E-state index is 12.3. The Kier molecular flexibility index (Phi) is 6.42. The van der Waals surface area contributed by atoms with Crippen molar-refractivity contribution < 1.29 is 26.3 Å². The first-order valence-electron chi connectivity index (χ1n) is 5.52. The van der Waals surface area contributed by atoms with Gasteiger partial charge in [-0.05, 0) is 20.8 Å². The fraction of sp³-hybridized carbons (Fsp3) is 1.00. The van der Waals surface area contributed by atoms with Crippen molar-refractivity contribution in [1.29, 1.82) is 0 Å². The molecule has 0 rings (SSSR count). The molecule has 0 aliphatic carbocycles. The summed E-state index contributed by atoms with van der Waals surface area (Å²) in [6.45, 7) is 2.15. The molecular weight excluding hydrogens is 262 g/mol. The summed E-state index contributed by atoms with van der Waals surface area (Å²) in [7, 11) is 0. The van der Waals surface area contributed by atoms with E-state index in [0.29, 0.717) is 0 Å². The standard InChI is InChI=1S/C10H18F6N2/c1-7(2)18(6-10(14,15)16)8(3)4-17-5-9(11,12)13/h7-8,17H,4-6H2,1-3H3. The van der Waals surface area contributed by atoms with Crippen LogP contribution in [0.25, 0.3) is 0 Å². The number of hydrogen-bond acceptors (Lipinski definition) is 2. The molecule has 0 fully saturated rings. The minimum atomic E-state index is -4.36. The van der Waals surface area contributed by atoms with Crippen LogP contribution in [0.2, 0.25) is 0 Å². The Bertz CT molecular complexity index is 236. The lowest BCUT2D eigenvalue weighted by Crippen LogP contribution is -2.49.